The molecule has 0 radical (unpaired) electrons. The molecule has 2 aromatic rings. The number of H-pyrrole nitrogens is 1. The number of rotatable bonds is 1. The van der Waals surface area contributed by atoms with E-state index in [-0.39, 0.29) is 0 Å². The summed E-state index contributed by atoms with van der Waals surface area (Å²) in [7, 11) is 0. The third-order valence-corrected chi connectivity index (χ3v) is 3.42. The first-order valence-electron chi connectivity index (χ1n) is 4.98. The lowest BCUT2D eigenvalue weighted by Gasteiger charge is -2.26. The molecule has 0 aliphatic heterocycles. The average molecular weight is 207 g/mol. The Labute approximate surface area is 87.3 Å². The van der Waals surface area contributed by atoms with Gasteiger partial charge >= 0.3 is 0 Å². The van der Waals surface area contributed by atoms with Crippen molar-refractivity contribution in [3.8, 4) is 0 Å². The van der Waals surface area contributed by atoms with Gasteiger partial charge in [0.25, 0.3) is 0 Å². The van der Waals surface area contributed by atoms with Crippen molar-refractivity contribution in [1.29, 1.82) is 0 Å². The molecule has 1 aromatic carbocycles. The van der Waals surface area contributed by atoms with Gasteiger partial charge < -0.3 is 4.98 Å². The molecule has 0 unspecified atom stereocenters. The number of hydrogen-bond donors (Lipinski definition) is 1. The highest BCUT2D eigenvalue weighted by atomic mass is 35.5. The number of aromatic nitrogens is 2. The van der Waals surface area contributed by atoms with Gasteiger partial charge in [-0.15, -0.1) is 0 Å². The number of nitrogens with zero attached hydrogens (tertiary/aromatic N) is 1. The molecule has 72 valence electrons. The molecule has 1 heterocycles. The Bertz CT molecular complexity index is 471. The minimum atomic E-state index is 0.634. The number of benzene rings is 1. The topological polar surface area (TPSA) is 28.7 Å². The predicted molar refractivity (Wildman–Crippen MR) is 57.7 cm³/mol. The van der Waals surface area contributed by atoms with Crippen LogP contribution in [0.2, 0.25) is 5.02 Å². The highest BCUT2D eigenvalue weighted by Gasteiger charge is 2.24. The van der Waals surface area contributed by atoms with Gasteiger partial charge in [-0.3, -0.25) is 0 Å². The fourth-order valence-corrected chi connectivity index (χ4v) is 2.40. The van der Waals surface area contributed by atoms with Gasteiger partial charge in [0.15, 0.2) is 0 Å². The molecular formula is C11H11ClN2. The second-order valence-corrected chi connectivity index (χ2v) is 4.29. The summed E-state index contributed by atoms with van der Waals surface area (Å²) in [5.41, 5.74) is 3.40. The summed E-state index contributed by atoms with van der Waals surface area (Å²) in [6.07, 6.45) is 5.57. The van der Waals surface area contributed by atoms with Crippen LogP contribution in [0.25, 0.3) is 11.0 Å². The summed E-state index contributed by atoms with van der Waals surface area (Å²) in [6, 6.07) is 3.96. The Kier molecular flexibility index (Phi) is 1.77. The van der Waals surface area contributed by atoms with Crippen LogP contribution in [0.3, 0.4) is 0 Å². The van der Waals surface area contributed by atoms with Crippen LogP contribution in [0.1, 0.15) is 30.7 Å². The molecule has 14 heavy (non-hydrogen) atoms. The second-order valence-electron chi connectivity index (χ2n) is 3.89. The van der Waals surface area contributed by atoms with E-state index >= 15 is 0 Å². The quantitative estimate of drug-likeness (QED) is 0.761. The van der Waals surface area contributed by atoms with Gasteiger partial charge in [0.2, 0.25) is 0 Å². The van der Waals surface area contributed by atoms with Crippen LogP contribution in [0.15, 0.2) is 18.5 Å². The van der Waals surface area contributed by atoms with Crippen LogP contribution in [0, 0.1) is 0 Å². The normalized spacial score (nSPS) is 17.2. The standard InChI is InChI=1S/C11H11ClN2/c12-8-4-5-9-11(14-6-13-9)10(8)7-2-1-3-7/h4-7H,1-3H2,(H,13,14). The molecule has 1 saturated carbocycles. The van der Waals surface area contributed by atoms with Gasteiger partial charge in [-0.2, -0.15) is 0 Å². The van der Waals surface area contributed by atoms with Crippen LogP contribution in [-0.2, 0) is 0 Å². The lowest BCUT2D eigenvalue weighted by atomic mass is 9.79. The summed E-state index contributed by atoms with van der Waals surface area (Å²) in [5, 5.41) is 0.870. The van der Waals surface area contributed by atoms with E-state index in [9.17, 15) is 0 Å². The molecule has 3 heteroatoms. The van der Waals surface area contributed by atoms with E-state index in [0.29, 0.717) is 5.92 Å². The van der Waals surface area contributed by atoms with Crippen molar-refractivity contribution in [3.05, 3.63) is 29.0 Å². The van der Waals surface area contributed by atoms with Gasteiger partial charge in [-0.05, 0) is 30.9 Å². The largest absolute Gasteiger partial charge is 0.345 e. The zero-order valence-corrected chi connectivity index (χ0v) is 8.51. The minimum Gasteiger partial charge on any atom is -0.345 e. The summed E-state index contributed by atoms with van der Waals surface area (Å²) in [5.74, 6) is 0.634. The Morgan fingerprint density at radius 1 is 1.36 bits per heavy atom. The van der Waals surface area contributed by atoms with E-state index in [4.69, 9.17) is 11.6 Å². The predicted octanol–water partition coefficient (Wildman–Crippen LogP) is 3.48. The molecule has 1 aliphatic rings. The van der Waals surface area contributed by atoms with Crippen LogP contribution >= 0.6 is 11.6 Å². The first-order chi connectivity index (χ1) is 6.86. The summed E-state index contributed by atoms with van der Waals surface area (Å²) in [6.45, 7) is 0. The zero-order valence-electron chi connectivity index (χ0n) is 7.76. The first kappa shape index (κ1) is 8.30. The van der Waals surface area contributed by atoms with E-state index in [0.717, 1.165) is 16.1 Å². The fourth-order valence-electron chi connectivity index (χ4n) is 2.09. The van der Waals surface area contributed by atoms with Crippen molar-refractivity contribution in [1.82, 2.24) is 9.97 Å². The third kappa shape index (κ3) is 1.07. The number of nitrogens with one attached hydrogen (secondary N) is 1. The highest BCUT2D eigenvalue weighted by Crippen LogP contribution is 2.42. The summed E-state index contributed by atoms with van der Waals surface area (Å²) in [4.78, 5) is 7.46. The van der Waals surface area contributed by atoms with Crippen LogP contribution in [0.4, 0.5) is 0 Å². The van der Waals surface area contributed by atoms with E-state index in [2.05, 4.69) is 9.97 Å². The third-order valence-electron chi connectivity index (χ3n) is 3.09. The molecule has 1 aliphatic carbocycles. The second kappa shape index (κ2) is 2.99. The summed E-state index contributed by atoms with van der Waals surface area (Å²) < 4.78 is 0. The van der Waals surface area contributed by atoms with Gasteiger partial charge in [0.05, 0.1) is 17.4 Å². The molecule has 2 nitrogen and oxygen atoms in total. The molecule has 1 N–H and O–H groups in total. The maximum Gasteiger partial charge on any atom is 0.0932 e. The molecular weight excluding hydrogens is 196 g/mol. The van der Waals surface area contributed by atoms with Crippen LogP contribution in [0.5, 0.6) is 0 Å². The van der Waals surface area contributed by atoms with E-state index in [1.165, 1.54) is 24.8 Å². The molecule has 0 atom stereocenters. The fraction of sp³-hybridized carbons (Fsp3) is 0.364. The number of imidazole rings is 1. The van der Waals surface area contributed by atoms with Crippen LogP contribution < -0.4 is 0 Å². The molecule has 0 spiro atoms. The molecule has 1 aromatic heterocycles. The number of fused-ring (bicyclic) bond motifs is 1. The highest BCUT2D eigenvalue weighted by molar-refractivity contribution is 6.32. The van der Waals surface area contributed by atoms with E-state index in [1.807, 2.05) is 12.1 Å². The van der Waals surface area contributed by atoms with E-state index < -0.39 is 0 Å². The van der Waals surface area contributed by atoms with Gasteiger partial charge in [-0.25, -0.2) is 4.98 Å². The lowest BCUT2D eigenvalue weighted by Crippen LogP contribution is -2.09. The Morgan fingerprint density at radius 3 is 2.93 bits per heavy atom. The van der Waals surface area contributed by atoms with Crippen molar-refractivity contribution >= 4 is 22.6 Å². The minimum absolute atomic E-state index is 0.634. The maximum atomic E-state index is 6.21. The molecule has 0 amide bonds. The number of hydrogen-bond acceptors (Lipinski definition) is 1. The first-order valence-corrected chi connectivity index (χ1v) is 5.35. The average Bonchev–Trinajstić information content (AvgIpc) is 2.54. The smallest absolute Gasteiger partial charge is 0.0932 e. The zero-order chi connectivity index (χ0) is 9.54. The van der Waals surface area contributed by atoms with Crippen LogP contribution in [-0.4, -0.2) is 9.97 Å². The lowest BCUT2D eigenvalue weighted by molar-refractivity contribution is 0.422. The maximum absolute atomic E-state index is 6.21. The SMILES string of the molecule is Clc1ccc2[nH]cnc2c1C1CCC1. The van der Waals surface area contributed by atoms with Gasteiger partial charge in [0.1, 0.15) is 0 Å². The number of aromatic amines is 1. The molecule has 0 bridgehead atoms. The Morgan fingerprint density at radius 2 is 2.21 bits per heavy atom. The van der Waals surface area contributed by atoms with Crippen molar-refractivity contribution < 1.29 is 0 Å². The van der Waals surface area contributed by atoms with Gasteiger partial charge in [0, 0.05) is 10.6 Å². The van der Waals surface area contributed by atoms with E-state index in [1.54, 1.807) is 6.33 Å². The van der Waals surface area contributed by atoms with Crippen molar-refractivity contribution in [2.24, 2.45) is 0 Å². The molecule has 3 rings (SSSR count). The molecule has 1 fully saturated rings. The van der Waals surface area contributed by atoms with Crippen molar-refractivity contribution in [2.75, 3.05) is 0 Å². The Hall–Kier alpha value is -1.02. The van der Waals surface area contributed by atoms with Crippen molar-refractivity contribution in [3.63, 3.8) is 0 Å². The number of halogens is 1. The van der Waals surface area contributed by atoms with Crippen molar-refractivity contribution in [2.45, 2.75) is 25.2 Å². The summed E-state index contributed by atoms with van der Waals surface area (Å²) >= 11 is 6.21. The Balaban J connectivity index is 2.26. The van der Waals surface area contributed by atoms with Gasteiger partial charge in [-0.1, -0.05) is 18.0 Å². The molecule has 0 saturated heterocycles. The monoisotopic (exact) mass is 206 g/mol.